The molecule has 0 saturated carbocycles. The van der Waals surface area contributed by atoms with Gasteiger partial charge in [-0.2, -0.15) is 4.39 Å². The fourth-order valence-corrected chi connectivity index (χ4v) is 6.97. The summed E-state index contributed by atoms with van der Waals surface area (Å²) in [6.45, 7) is -0.0118. The molecule has 0 saturated heterocycles. The molecule has 0 bridgehead atoms. The lowest BCUT2D eigenvalue weighted by Crippen LogP contribution is -2.31. The average Bonchev–Trinajstić information content (AvgIpc) is 3.50. The van der Waals surface area contributed by atoms with Crippen LogP contribution in [-0.2, 0) is 21.3 Å². The highest BCUT2D eigenvalue weighted by Gasteiger charge is 2.32. The van der Waals surface area contributed by atoms with Gasteiger partial charge in [-0.25, -0.2) is 26.9 Å². The van der Waals surface area contributed by atoms with Crippen molar-refractivity contribution in [3.8, 4) is 17.2 Å². The van der Waals surface area contributed by atoms with Gasteiger partial charge in [0.1, 0.15) is 34.6 Å². The van der Waals surface area contributed by atoms with Gasteiger partial charge in [-0.05, 0) is 30.3 Å². The summed E-state index contributed by atoms with van der Waals surface area (Å²) in [6, 6.07) is 11.7. The van der Waals surface area contributed by atoms with Crippen LogP contribution in [0.4, 0.5) is 35.8 Å². The number of halogens is 3. The van der Waals surface area contributed by atoms with Gasteiger partial charge in [0.15, 0.2) is 5.13 Å². The first-order valence-electron chi connectivity index (χ1n) is 13.8. The molecule has 4 aromatic rings. The zero-order valence-corrected chi connectivity index (χ0v) is 28.4. The normalized spacial score (nSPS) is 11.1. The number of rotatable bonds is 14. The zero-order chi connectivity index (χ0) is 34.3. The standard InChI is InChI=1S/C30H32ClF2N5O7S2/c1-34-30(39)45-11-10-37(2)25-12-19(42-3)8-9-23(25)36-24-15-22(32)27(14-21(24)31)47(40,41)38(29-35-16-28(33)46-29)17-18-6-7-20(43-4)13-26(18)44-5/h6-9,12-16,36H,10-11,17H2,1-5H3,(H,34,39). The van der Waals surface area contributed by atoms with Crippen LogP contribution in [0.15, 0.2) is 59.6 Å². The molecule has 1 heterocycles. The van der Waals surface area contributed by atoms with Gasteiger partial charge in [-0.3, -0.25) is 0 Å². The van der Waals surface area contributed by atoms with Gasteiger partial charge in [0.05, 0.1) is 62.7 Å². The Bertz CT molecular complexity index is 1850. The first-order valence-corrected chi connectivity index (χ1v) is 16.4. The summed E-state index contributed by atoms with van der Waals surface area (Å²) in [5.41, 5.74) is 1.50. The SMILES string of the molecule is CNC(=O)OCCN(C)c1cc(OC)ccc1Nc1cc(F)c(S(=O)(=O)N(Cc2ccc(OC)cc2OC)c2ncc(F)s2)cc1Cl. The maximum atomic E-state index is 15.8. The number of nitrogens with zero attached hydrogens (tertiary/aromatic N) is 3. The van der Waals surface area contributed by atoms with Crippen molar-refractivity contribution >= 4 is 61.2 Å². The Morgan fingerprint density at radius 1 is 1.00 bits per heavy atom. The van der Waals surface area contributed by atoms with E-state index in [1.807, 2.05) is 0 Å². The van der Waals surface area contributed by atoms with E-state index in [2.05, 4.69) is 15.6 Å². The Morgan fingerprint density at radius 3 is 2.34 bits per heavy atom. The Hall–Kier alpha value is -4.54. The number of carbonyl (C=O) groups excluding carboxylic acids is 1. The summed E-state index contributed by atoms with van der Waals surface area (Å²) in [4.78, 5) is 16.4. The van der Waals surface area contributed by atoms with E-state index < -0.39 is 32.0 Å². The molecular formula is C30H32ClF2N5O7S2. The highest BCUT2D eigenvalue weighted by Crippen LogP contribution is 2.38. The number of alkyl carbamates (subject to hydrolysis) is 1. The number of ether oxygens (including phenoxy) is 4. The van der Waals surface area contributed by atoms with Gasteiger partial charge in [0.2, 0.25) is 5.13 Å². The quantitative estimate of drug-likeness (QED) is 0.160. The van der Waals surface area contributed by atoms with Crippen molar-refractivity contribution in [2.75, 3.05) is 63.1 Å². The third-order valence-electron chi connectivity index (χ3n) is 6.83. The zero-order valence-electron chi connectivity index (χ0n) is 26.0. The van der Waals surface area contributed by atoms with Crippen LogP contribution in [0.3, 0.4) is 0 Å². The summed E-state index contributed by atoms with van der Waals surface area (Å²) in [7, 11) is 2.86. The molecule has 1 aromatic heterocycles. The van der Waals surface area contributed by atoms with E-state index in [1.165, 1.54) is 28.4 Å². The van der Waals surface area contributed by atoms with Crippen LogP contribution in [-0.4, -0.2) is 68.1 Å². The molecule has 0 radical (unpaired) electrons. The molecule has 0 aliphatic rings. The molecule has 17 heteroatoms. The van der Waals surface area contributed by atoms with Crippen molar-refractivity contribution in [3.05, 3.63) is 76.3 Å². The van der Waals surface area contributed by atoms with E-state index in [1.54, 1.807) is 48.3 Å². The van der Waals surface area contributed by atoms with Crippen LogP contribution < -0.4 is 34.0 Å². The lowest BCUT2D eigenvalue weighted by molar-refractivity contribution is 0.151. The minimum atomic E-state index is -4.70. The van der Waals surface area contributed by atoms with Crippen LogP contribution in [0.25, 0.3) is 0 Å². The van der Waals surface area contributed by atoms with Crippen LogP contribution in [0, 0.1) is 10.9 Å². The first-order chi connectivity index (χ1) is 22.4. The Labute approximate surface area is 279 Å². The Balaban J connectivity index is 1.69. The van der Waals surface area contributed by atoms with E-state index in [9.17, 15) is 17.6 Å². The molecule has 12 nitrogen and oxygen atoms in total. The van der Waals surface area contributed by atoms with Crippen molar-refractivity contribution < 1.29 is 40.9 Å². The van der Waals surface area contributed by atoms with Crippen LogP contribution >= 0.6 is 22.9 Å². The Kier molecular flexibility index (Phi) is 11.5. The summed E-state index contributed by atoms with van der Waals surface area (Å²) in [5.74, 6) is 0.156. The monoisotopic (exact) mass is 711 g/mol. The minimum absolute atomic E-state index is 0.0632. The number of likely N-dealkylation sites (N-methyl/N-ethyl adjacent to an activating group) is 1. The number of methoxy groups -OCH3 is 3. The van der Waals surface area contributed by atoms with Crippen molar-refractivity contribution in [3.63, 3.8) is 0 Å². The van der Waals surface area contributed by atoms with E-state index >= 15 is 4.39 Å². The molecule has 0 aliphatic carbocycles. The molecule has 0 atom stereocenters. The summed E-state index contributed by atoms with van der Waals surface area (Å²) < 4.78 is 79.8. The molecule has 3 aromatic carbocycles. The second kappa shape index (κ2) is 15.4. The number of amides is 1. The second-order valence-electron chi connectivity index (χ2n) is 9.71. The number of nitrogens with one attached hydrogen (secondary N) is 2. The van der Waals surface area contributed by atoms with Gasteiger partial charge in [0.25, 0.3) is 10.0 Å². The summed E-state index contributed by atoms with van der Waals surface area (Å²) in [5, 5.41) is 4.33. The number of carbonyl (C=O) groups is 1. The van der Waals surface area contributed by atoms with Crippen molar-refractivity contribution in [2.24, 2.45) is 0 Å². The van der Waals surface area contributed by atoms with Crippen molar-refractivity contribution in [1.29, 1.82) is 0 Å². The number of hydrogen-bond donors (Lipinski definition) is 2. The molecule has 1 amide bonds. The van der Waals surface area contributed by atoms with Crippen molar-refractivity contribution in [1.82, 2.24) is 10.3 Å². The molecule has 47 heavy (non-hydrogen) atoms. The second-order valence-corrected chi connectivity index (χ2v) is 12.9. The third-order valence-corrected chi connectivity index (χ3v) is 9.81. The molecule has 0 unspecified atom stereocenters. The number of thiazole rings is 1. The molecule has 0 fully saturated rings. The van der Waals surface area contributed by atoms with Gasteiger partial charge < -0.3 is 34.5 Å². The highest BCUT2D eigenvalue weighted by molar-refractivity contribution is 7.93. The first kappa shape index (κ1) is 35.3. The third kappa shape index (κ3) is 8.25. The smallest absolute Gasteiger partial charge is 0.406 e. The van der Waals surface area contributed by atoms with Crippen LogP contribution in [0.1, 0.15) is 5.56 Å². The summed E-state index contributed by atoms with van der Waals surface area (Å²) >= 11 is 7.03. The Morgan fingerprint density at radius 2 is 1.70 bits per heavy atom. The van der Waals surface area contributed by atoms with Gasteiger partial charge in [0, 0.05) is 37.9 Å². The lowest BCUT2D eigenvalue weighted by atomic mass is 10.2. The van der Waals surface area contributed by atoms with E-state index in [0.717, 1.165) is 22.6 Å². The predicted molar refractivity (Wildman–Crippen MR) is 176 cm³/mol. The molecule has 0 spiro atoms. The topological polar surface area (TPSA) is 132 Å². The van der Waals surface area contributed by atoms with Crippen molar-refractivity contribution in [2.45, 2.75) is 11.4 Å². The number of hydrogen-bond acceptors (Lipinski definition) is 11. The largest absolute Gasteiger partial charge is 0.497 e. The van der Waals surface area contributed by atoms with E-state index in [4.69, 9.17) is 30.5 Å². The average molecular weight is 712 g/mol. The van der Waals surface area contributed by atoms with Gasteiger partial charge >= 0.3 is 6.09 Å². The maximum absolute atomic E-state index is 15.8. The van der Waals surface area contributed by atoms with Gasteiger partial charge in [-0.15, -0.1) is 0 Å². The maximum Gasteiger partial charge on any atom is 0.406 e. The van der Waals surface area contributed by atoms with E-state index in [-0.39, 0.29) is 29.0 Å². The fourth-order valence-electron chi connectivity index (χ4n) is 4.37. The van der Waals surface area contributed by atoms with Gasteiger partial charge in [-0.1, -0.05) is 22.9 Å². The molecule has 252 valence electrons. The molecular weight excluding hydrogens is 680 g/mol. The minimum Gasteiger partial charge on any atom is -0.497 e. The molecule has 4 rings (SSSR count). The number of sulfonamides is 1. The summed E-state index contributed by atoms with van der Waals surface area (Å²) in [6.07, 6.45) is 0.291. The van der Waals surface area contributed by atoms with Crippen LogP contribution in [0.5, 0.6) is 17.2 Å². The fraction of sp³-hybridized carbons (Fsp3) is 0.267. The highest BCUT2D eigenvalue weighted by atomic mass is 35.5. The number of benzene rings is 3. The lowest BCUT2D eigenvalue weighted by Gasteiger charge is -2.25. The van der Waals surface area contributed by atoms with E-state index in [0.29, 0.717) is 52.1 Å². The molecule has 0 aliphatic heterocycles. The van der Waals surface area contributed by atoms with Crippen LogP contribution in [0.2, 0.25) is 5.02 Å². The number of aromatic nitrogens is 1. The molecule has 2 N–H and O–H groups in total. The predicted octanol–water partition coefficient (Wildman–Crippen LogP) is 6.03. The number of anilines is 4.